The highest BCUT2D eigenvalue weighted by Gasteiger charge is 2.29. The Morgan fingerprint density at radius 1 is 1.02 bits per heavy atom. The number of fused-ring (bicyclic) bond motifs is 1. The van der Waals surface area contributed by atoms with Crippen molar-refractivity contribution in [1.29, 1.82) is 0 Å². The third-order valence-corrected chi connectivity index (χ3v) is 7.26. The molecule has 2 aromatic heterocycles. The van der Waals surface area contributed by atoms with Crippen LogP contribution in [0.1, 0.15) is 58.9 Å². The molecule has 3 aromatic rings. The second-order valence-corrected chi connectivity index (χ2v) is 11.8. The molecule has 5 rings (SSSR count). The number of amides is 1. The van der Waals surface area contributed by atoms with Crippen molar-refractivity contribution in [2.45, 2.75) is 65.0 Å². The number of carbonyl (C=O) groups excluding carboxylic acids is 1. The van der Waals surface area contributed by atoms with Crippen LogP contribution in [0.25, 0.3) is 11.3 Å². The standard InChI is InChI=1S/C30H35F3N6O3/c1-17(2)39-10-11-41-27-22(32)12-19(13-24(27)39)26-23(33)16-35-28(37-26)36-25-14-21(31)20(15-34-25)18-6-8-38(9-7-18)29(40)42-30(3,4)5/h12-18H,6-11H2,1-5H3,(H,34,35,36,37). The van der Waals surface area contributed by atoms with Crippen LogP contribution in [-0.4, -0.2) is 63.8 Å². The average Bonchev–Trinajstić information content (AvgIpc) is 2.93. The fourth-order valence-electron chi connectivity index (χ4n) is 5.23. The van der Waals surface area contributed by atoms with Crippen LogP contribution in [-0.2, 0) is 4.74 Å². The van der Waals surface area contributed by atoms with Crippen LogP contribution >= 0.6 is 0 Å². The maximum Gasteiger partial charge on any atom is 0.410 e. The van der Waals surface area contributed by atoms with Gasteiger partial charge in [0.1, 0.15) is 29.5 Å². The number of hydrogen-bond acceptors (Lipinski definition) is 8. The lowest BCUT2D eigenvalue weighted by Crippen LogP contribution is -2.41. The van der Waals surface area contributed by atoms with E-state index in [0.29, 0.717) is 50.3 Å². The maximum absolute atomic E-state index is 15.2. The minimum atomic E-state index is -0.736. The van der Waals surface area contributed by atoms with Crippen molar-refractivity contribution in [1.82, 2.24) is 19.9 Å². The molecule has 4 heterocycles. The number of likely N-dealkylation sites (tertiary alicyclic amines) is 1. The zero-order chi connectivity index (χ0) is 30.2. The molecular weight excluding hydrogens is 549 g/mol. The van der Waals surface area contributed by atoms with Gasteiger partial charge >= 0.3 is 6.09 Å². The Kier molecular flexibility index (Phi) is 8.16. The SMILES string of the molecule is CC(C)N1CCOc2c(F)cc(-c3nc(Nc4cc(F)c(C5CCN(C(=O)OC(C)(C)C)CC5)cn4)ncc3F)cc21. The molecule has 1 aromatic carbocycles. The van der Waals surface area contributed by atoms with Crippen LogP contribution in [0.2, 0.25) is 0 Å². The number of anilines is 3. The number of carbonyl (C=O) groups is 1. The average molecular weight is 585 g/mol. The second-order valence-electron chi connectivity index (χ2n) is 11.8. The number of piperidine rings is 1. The molecule has 1 saturated heterocycles. The van der Waals surface area contributed by atoms with E-state index in [4.69, 9.17) is 9.47 Å². The van der Waals surface area contributed by atoms with Crippen molar-refractivity contribution >= 4 is 23.5 Å². The van der Waals surface area contributed by atoms with Crippen LogP contribution in [0, 0.1) is 17.5 Å². The van der Waals surface area contributed by atoms with Crippen LogP contribution in [0.3, 0.4) is 0 Å². The Labute approximate surface area is 243 Å². The topological polar surface area (TPSA) is 92.7 Å². The van der Waals surface area contributed by atoms with Crippen molar-refractivity contribution in [3.8, 4) is 17.0 Å². The third kappa shape index (κ3) is 6.37. The first kappa shape index (κ1) is 29.4. The van der Waals surface area contributed by atoms with Crippen molar-refractivity contribution in [3.05, 3.63) is 53.6 Å². The highest BCUT2D eigenvalue weighted by Crippen LogP contribution is 2.39. The van der Waals surface area contributed by atoms with Gasteiger partial charge in [-0.1, -0.05) is 0 Å². The van der Waals surface area contributed by atoms with E-state index in [2.05, 4.69) is 20.3 Å². The monoisotopic (exact) mass is 584 g/mol. The first-order valence-corrected chi connectivity index (χ1v) is 14.1. The molecule has 0 atom stereocenters. The summed E-state index contributed by atoms with van der Waals surface area (Å²) in [6.45, 7) is 11.2. The van der Waals surface area contributed by atoms with E-state index in [9.17, 15) is 13.6 Å². The lowest BCUT2D eigenvalue weighted by Gasteiger charge is -2.34. The number of ether oxygens (including phenoxy) is 2. The van der Waals surface area contributed by atoms with Gasteiger partial charge < -0.3 is 24.6 Å². The first-order chi connectivity index (χ1) is 19.9. The van der Waals surface area contributed by atoms with E-state index in [1.807, 2.05) is 39.5 Å². The molecule has 0 saturated carbocycles. The molecule has 0 aliphatic carbocycles. The van der Waals surface area contributed by atoms with Gasteiger partial charge in [-0.25, -0.2) is 32.9 Å². The molecule has 1 amide bonds. The number of nitrogens with one attached hydrogen (secondary N) is 1. The molecule has 1 fully saturated rings. The number of aromatic nitrogens is 3. The molecule has 12 heteroatoms. The second kappa shape index (κ2) is 11.7. The van der Waals surface area contributed by atoms with Crippen LogP contribution in [0.5, 0.6) is 5.75 Å². The molecule has 0 radical (unpaired) electrons. The summed E-state index contributed by atoms with van der Waals surface area (Å²) in [5.41, 5.74) is 0.499. The molecule has 0 unspecified atom stereocenters. The zero-order valence-electron chi connectivity index (χ0n) is 24.4. The Balaban J connectivity index is 1.31. The quantitative estimate of drug-likeness (QED) is 0.367. The Hall–Kier alpha value is -4.09. The van der Waals surface area contributed by atoms with Crippen LogP contribution in [0.4, 0.5) is 35.4 Å². The van der Waals surface area contributed by atoms with Crippen molar-refractivity contribution in [2.24, 2.45) is 0 Å². The lowest BCUT2D eigenvalue weighted by atomic mass is 9.90. The predicted octanol–water partition coefficient (Wildman–Crippen LogP) is 6.42. The van der Waals surface area contributed by atoms with Gasteiger partial charge in [0.2, 0.25) is 5.95 Å². The lowest BCUT2D eigenvalue weighted by molar-refractivity contribution is 0.0204. The minimum Gasteiger partial charge on any atom is -0.486 e. The van der Waals surface area contributed by atoms with E-state index >= 15 is 4.39 Å². The normalized spacial score (nSPS) is 15.8. The number of halogens is 3. The van der Waals surface area contributed by atoms with E-state index in [1.54, 1.807) is 11.0 Å². The summed E-state index contributed by atoms with van der Waals surface area (Å²) in [6, 6.07) is 4.14. The fraction of sp³-hybridized carbons (Fsp3) is 0.467. The molecule has 0 bridgehead atoms. The van der Waals surface area contributed by atoms with Gasteiger partial charge in [-0.15, -0.1) is 0 Å². The van der Waals surface area contributed by atoms with Gasteiger partial charge in [-0.3, -0.25) is 0 Å². The summed E-state index contributed by atoms with van der Waals surface area (Å²) in [6.07, 6.45) is 3.20. The van der Waals surface area contributed by atoms with Crippen LogP contribution in [0.15, 0.2) is 30.6 Å². The zero-order valence-corrected chi connectivity index (χ0v) is 24.4. The molecule has 224 valence electrons. The highest BCUT2D eigenvalue weighted by molar-refractivity contribution is 5.73. The number of benzene rings is 1. The smallest absolute Gasteiger partial charge is 0.410 e. The van der Waals surface area contributed by atoms with Gasteiger partial charge in [0.15, 0.2) is 17.4 Å². The van der Waals surface area contributed by atoms with Gasteiger partial charge in [0, 0.05) is 42.5 Å². The van der Waals surface area contributed by atoms with E-state index in [0.717, 1.165) is 6.20 Å². The molecule has 2 aliphatic rings. The Morgan fingerprint density at radius 3 is 2.43 bits per heavy atom. The van der Waals surface area contributed by atoms with Gasteiger partial charge in [-0.2, -0.15) is 0 Å². The summed E-state index contributed by atoms with van der Waals surface area (Å²) in [4.78, 5) is 28.5. The fourth-order valence-corrected chi connectivity index (χ4v) is 5.23. The first-order valence-electron chi connectivity index (χ1n) is 14.1. The highest BCUT2D eigenvalue weighted by atomic mass is 19.1. The predicted molar refractivity (Wildman–Crippen MR) is 153 cm³/mol. The van der Waals surface area contributed by atoms with Gasteiger partial charge in [-0.05, 0) is 65.5 Å². The van der Waals surface area contributed by atoms with Gasteiger partial charge in [0.05, 0.1) is 18.4 Å². The molecule has 1 N–H and O–H groups in total. The number of nitrogens with zero attached hydrogens (tertiary/aromatic N) is 5. The Morgan fingerprint density at radius 2 is 1.76 bits per heavy atom. The van der Waals surface area contributed by atoms with E-state index in [1.165, 1.54) is 18.3 Å². The number of hydrogen-bond donors (Lipinski definition) is 1. The summed E-state index contributed by atoms with van der Waals surface area (Å²) in [5, 5.41) is 2.82. The maximum atomic E-state index is 15.2. The summed E-state index contributed by atoms with van der Waals surface area (Å²) < 4.78 is 56.0. The molecular formula is C30H35F3N6O3. The summed E-state index contributed by atoms with van der Waals surface area (Å²) >= 11 is 0. The van der Waals surface area contributed by atoms with Crippen molar-refractivity contribution in [3.63, 3.8) is 0 Å². The Bertz CT molecular complexity index is 1470. The van der Waals surface area contributed by atoms with Crippen molar-refractivity contribution < 1.29 is 27.4 Å². The molecule has 42 heavy (non-hydrogen) atoms. The summed E-state index contributed by atoms with van der Waals surface area (Å²) in [5.74, 6) is -1.68. The number of pyridine rings is 1. The summed E-state index contributed by atoms with van der Waals surface area (Å²) in [7, 11) is 0. The number of rotatable bonds is 5. The minimum absolute atomic E-state index is 0.0215. The van der Waals surface area contributed by atoms with E-state index < -0.39 is 23.1 Å². The van der Waals surface area contributed by atoms with Gasteiger partial charge in [0.25, 0.3) is 0 Å². The van der Waals surface area contributed by atoms with E-state index in [-0.39, 0.29) is 46.8 Å². The largest absolute Gasteiger partial charge is 0.486 e. The molecule has 9 nitrogen and oxygen atoms in total. The van der Waals surface area contributed by atoms with Crippen molar-refractivity contribution in [2.75, 3.05) is 36.5 Å². The molecule has 0 spiro atoms. The van der Waals surface area contributed by atoms with Crippen LogP contribution < -0.4 is 15.0 Å². The molecule has 2 aliphatic heterocycles. The third-order valence-electron chi connectivity index (χ3n) is 7.26.